The first-order chi connectivity index (χ1) is 9.70. The van der Waals surface area contributed by atoms with Crippen molar-refractivity contribution >= 4 is 22.4 Å². The van der Waals surface area contributed by atoms with E-state index in [-0.39, 0.29) is 5.75 Å². The highest BCUT2D eigenvalue weighted by atomic mass is 19.3. The number of ether oxygens (including phenoxy) is 1. The highest BCUT2D eigenvalue weighted by molar-refractivity contribution is 5.83. The molecular weight excluding hydrogens is 264 g/mol. The second-order valence-electron chi connectivity index (χ2n) is 4.16. The molecule has 3 aromatic rings. The van der Waals surface area contributed by atoms with Gasteiger partial charge in [-0.05, 0) is 36.4 Å². The molecule has 6 heteroatoms. The molecule has 0 aliphatic carbocycles. The lowest BCUT2D eigenvalue weighted by Crippen LogP contribution is -2.02. The van der Waals surface area contributed by atoms with Crippen LogP contribution in [0.2, 0.25) is 0 Å². The van der Waals surface area contributed by atoms with E-state index in [1.807, 2.05) is 30.5 Å². The van der Waals surface area contributed by atoms with E-state index in [9.17, 15) is 8.78 Å². The van der Waals surface area contributed by atoms with E-state index in [2.05, 4.69) is 20.0 Å². The molecule has 0 atom stereocenters. The second-order valence-corrected chi connectivity index (χ2v) is 4.16. The van der Waals surface area contributed by atoms with Crippen LogP contribution in [-0.4, -0.2) is 16.6 Å². The first kappa shape index (κ1) is 12.4. The maximum atomic E-state index is 12.0. The average Bonchev–Trinajstić information content (AvgIpc) is 2.88. The molecule has 2 aromatic heterocycles. The summed E-state index contributed by atoms with van der Waals surface area (Å²) in [5, 5.41) is 4.17. The molecule has 0 bridgehead atoms. The second kappa shape index (κ2) is 5.16. The number of anilines is 2. The molecule has 0 amide bonds. The smallest absolute Gasteiger partial charge is 0.387 e. The van der Waals surface area contributed by atoms with Crippen LogP contribution in [0.3, 0.4) is 0 Å². The molecule has 2 N–H and O–H groups in total. The summed E-state index contributed by atoms with van der Waals surface area (Å²) < 4.78 is 28.3. The number of aromatic nitrogens is 2. The number of aromatic amines is 1. The quantitative estimate of drug-likeness (QED) is 0.759. The van der Waals surface area contributed by atoms with E-state index in [1.165, 1.54) is 12.3 Å². The predicted octanol–water partition coefficient (Wildman–Crippen LogP) is 3.91. The van der Waals surface area contributed by atoms with Crippen molar-refractivity contribution < 1.29 is 13.5 Å². The first-order valence-corrected chi connectivity index (χ1v) is 5.96. The summed E-state index contributed by atoms with van der Waals surface area (Å²) in [6, 6.07) is 10.8. The molecule has 0 aliphatic rings. The third kappa shape index (κ3) is 2.69. The van der Waals surface area contributed by atoms with Crippen LogP contribution in [0, 0.1) is 0 Å². The minimum atomic E-state index is -2.84. The summed E-state index contributed by atoms with van der Waals surface area (Å²) in [5.41, 5.74) is 1.91. The van der Waals surface area contributed by atoms with Crippen molar-refractivity contribution in [3.05, 3.63) is 48.8 Å². The van der Waals surface area contributed by atoms with Crippen molar-refractivity contribution in [2.75, 3.05) is 5.32 Å². The first-order valence-electron chi connectivity index (χ1n) is 5.96. The minimum Gasteiger partial charge on any atom is -0.433 e. The Kier molecular flexibility index (Phi) is 3.20. The number of rotatable bonds is 4. The van der Waals surface area contributed by atoms with Gasteiger partial charge in [-0.2, -0.15) is 8.78 Å². The van der Waals surface area contributed by atoms with E-state index in [1.54, 1.807) is 6.07 Å². The summed E-state index contributed by atoms with van der Waals surface area (Å²) in [6.45, 7) is -2.84. The van der Waals surface area contributed by atoms with Gasteiger partial charge in [0, 0.05) is 22.8 Å². The number of benzene rings is 1. The summed E-state index contributed by atoms with van der Waals surface area (Å²) in [6.07, 6.45) is 3.12. The Bertz CT molecular complexity index is 710. The largest absolute Gasteiger partial charge is 0.433 e. The SMILES string of the molecule is FC(F)Oc1ccc(Nc2ccc3[nH]ccc3c2)nc1. The molecule has 0 saturated carbocycles. The summed E-state index contributed by atoms with van der Waals surface area (Å²) >= 11 is 0. The number of nitrogens with zero attached hydrogens (tertiary/aromatic N) is 1. The van der Waals surface area contributed by atoms with Crippen LogP contribution in [0.5, 0.6) is 5.75 Å². The molecule has 0 aliphatic heterocycles. The fourth-order valence-electron chi connectivity index (χ4n) is 1.91. The van der Waals surface area contributed by atoms with Crippen LogP contribution < -0.4 is 10.1 Å². The monoisotopic (exact) mass is 275 g/mol. The van der Waals surface area contributed by atoms with Crippen LogP contribution in [0.4, 0.5) is 20.3 Å². The third-order valence-corrected chi connectivity index (χ3v) is 2.79. The Labute approximate surface area is 113 Å². The van der Waals surface area contributed by atoms with E-state index in [0.717, 1.165) is 16.6 Å². The van der Waals surface area contributed by atoms with Crippen molar-refractivity contribution in [3.8, 4) is 5.75 Å². The average molecular weight is 275 g/mol. The maximum absolute atomic E-state index is 12.0. The number of hydrogen-bond donors (Lipinski definition) is 2. The van der Waals surface area contributed by atoms with Crippen molar-refractivity contribution in [1.29, 1.82) is 0 Å². The number of nitrogens with one attached hydrogen (secondary N) is 2. The third-order valence-electron chi connectivity index (χ3n) is 2.79. The van der Waals surface area contributed by atoms with Gasteiger partial charge in [0.2, 0.25) is 0 Å². The molecule has 0 spiro atoms. The van der Waals surface area contributed by atoms with Gasteiger partial charge in [0.15, 0.2) is 0 Å². The number of halogens is 2. The summed E-state index contributed by atoms with van der Waals surface area (Å²) in [5.74, 6) is 0.591. The van der Waals surface area contributed by atoms with Gasteiger partial charge in [0.25, 0.3) is 0 Å². The zero-order chi connectivity index (χ0) is 13.9. The number of pyridine rings is 1. The predicted molar refractivity (Wildman–Crippen MR) is 72.5 cm³/mol. The molecule has 0 unspecified atom stereocenters. The Hall–Kier alpha value is -2.63. The van der Waals surface area contributed by atoms with Gasteiger partial charge >= 0.3 is 6.61 Å². The van der Waals surface area contributed by atoms with Crippen molar-refractivity contribution in [2.45, 2.75) is 6.61 Å². The molecule has 102 valence electrons. The summed E-state index contributed by atoms with van der Waals surface area (Å²) in [4.78, 5) is 7.12. The maximum Gasteiger partial charge on any atom is 0.387 e. The summed E-state index contributed by atoms with van der Waals surface area (Å²) in [7, 11) is 0. The van der Waals surface area contributed by atoms with Gasteiger partial charge in [-0.15, -0.1) is 0 Å². The lowest BCUT2D eigenvalue weighted by Gasteiger charge is -2.07. The lowest BCUT2D eigenvalue weighted by molar-refractivity contribution is -0.0500. The Morgan fingerprint density at radius 2 is 2.05 bits per heavy atom. The van der Waals surface area contributed by atoms with Gasteiger partial charge in [0.1, 0.15) is 11.6 Å². The zero-order valence-corrected chi connectivity index (χ0v) is 10.3. The van der Waals surface area contributed by atoms with Crippen LogP contribution in [0.25, 0.3) is 10.9 Å². The van der Waals surface area contributed by atoms with Crippen LogP contribution in [0.15, 0.2) is 48.8 Å². The van der Waals surface area contributed by atoms with E-state index in [0.29, 0.717) is 5.82 Å². The zero-order valence-electron chi connectivity index (χ0n) is 10.3. The van der Waals surface area contributed by atoms with E-state index >= 15 is 0 Å². The number of H-pyrrole nitrogens is 1. The van der Waals surface area contributed by atoms with Crippen LogP contribution in [-0.2, 0) is 0 Å². The lowest BCUT2D eigenvalue weighted by atomic mass is 10.2. The fraction of sp³-hybridized carbons (Fsp3) is 0.0714. The number of fused-ring (bicyclic) bond motifs is 1. The van der Waals surface area contributed by atoms with Gasteiger partial charge in [-0.1, -0.05) is 0 Å². The van der Waals surface area contributed by atoms with E-state index < -0.39 is 6.61 Å². The molecule has 0 fully saturated rings. The highest BCUT2D eigenvalue weighted by Gasteiger charge is 2.04. The van der Waals surface area contributed by atoms with Crippen molar-refractivity contribution in [1.82, 2.24) is 9.97 Å². The molecule has 20 heavy (non-hydrogen) atoms. The molecule has 1 aromatic carbocycles. The molecule has 0 saturated heterocycles. The topological polar surface area (TPSA) is 49.9 Å². The van der Waals surface area contributed by atoms with Crippen molar-refractivity contribution in [3.63, 3.8) is 0 Å². The van der Waals surface area contributed by atoms with Gasteiger partial charge in [-0.25, -0.2) is 4.98 Å². The van der Waals surface area contributed by atoms with Crippen LogP contribution >= 0.6 is 0 Å². The molecule has 0 radical (unpaired) electrons. The van der Waals surface area contributed by atoms with Crippen LogP contribution in [0.1, 0.15) is 0 Å². The van der Waals surface area contributed by atoms with Gasteiger partial charge < -0.3 is 15.0 Å². The minimum absolute atomic E-state index is 0.0339. The normalized spacial score (nSPS) is 10.9. The standard InChI is InChI=1S/C14H11F2N3O/c15-14(16)20-11-2-4-13(18-8-11)19-10-1-3-12-9(7-10)5-6-17-12/h1-8,14,17H,(H,18,19). The number of hydrogen-bond acceptors (Lipinski definition) is 3. The molecule has 3 rings (SSSR count). The molecule has 4 nitrogen and oxygen atoms in total. The van der Waals surface area contributed by atoms with Crippen molar-refractivity contribution in [2.24, 2.45) is 0 Å². The fourth-order valence-corrected chi connectivity index (χ4v) is 1.91. The Morgan fingerprint density at radius 3 is 2.80 bits per heavy atom. The van der Waals surface area contributed by atoms with Gasteiger partial charge in [-0.3, -0.25) is 0 Å². The van der Waals surface area contributed by atoms with Gasteiger partial charge in [0.05, 0.1) is 6.20 Å². The highest BCUT2D eigenvalue weighted by Crippen LogP contribution is 2.22. The Balaban J connectivity index is 1.76. The Morgan fingerprint density at radius 1 is 1.15 bits per heavy atom. The molecule has 2 heterocycles. The molecular formula is C14H11F2N3O. The number of alkyl halides is 2. The van der Waals surface area contributed by atoms with E-state index in [4.69, 9.17) is 0 Å².